The lowest BCUT2D eigenvalue weighted by atomic mass is 10.1. The third-order valence-corrected chi connectivity index (χ3v) is 3.19. The van der Waals surface area contributed by atoms with Crippen molar-refractivity contribution in [1.29, 1.82) is 0 Å². The van der Waals surface area contributed by atoms with Gasteiger partial charge in [0.15, 0.2) is 0 Å². The molecule has 1 fully saturated rings. The summed E-state index contributed by atoms with van der Waals surface area (Å²) in [7, 11) is 0. The van der Waals surface area contributed by atoms with Gasteiger partial charge >= 0.3 is 0 Å². The Morgan fingerprint density at radius 2 is 2.07 bits per heavy atom. The standard InChI is InChI=1S/C12H15ClO/c13-11-8-9-14-12(11)7-6-10-4-2-1-3-5-10/h1-5,11-12H,6-9H2. The zero-order valence-corrected chi connectivity index (χ0v) is 8.91. The molecular formula is C12H15ClO. The first-order valence-corrected chi connectivity index (χ1v) is 5.59. The van der Waals surface area contributed by atoms with Crippen LogP contribution in [-0.4, -0.2) is 18.1 Å². The maximum absolute atomic E-state index is 6.12. The van der Waals surface area contributed by atoms with Gasteiger partial charge in [-0.15, -0.1) is 11.6 Å². The molecule has 1 saturated heterocycles. The molecule has 0 spiro atoms. The third kappa shape index (κ3) is 2.49. The van der Waals surface area contributed by atoms with E-state index in [0.29, 0.717) is 0 Å². The van der Waals surface area contributed by atoms with Gasteiger partial charge in [0.1, 0.15) is 0 Å². The topological polar surface area (TPSA) is 9.23 Å². The van der Waals surface area contributed by atoms with Gasteiger partial charge in [-0.2, -0.15) is 0 Å². The summed E-state index contributed by atoms with van der Waals surface area (Å²) >= 11 is 6.12. The summed E-state index contributed by atoms with van der Waals surface area (Å²) in [6.07, 6.45) is 3.37. The van der Waals surface area contributed by atoms with Gasteiger partial charge in [0, 0.05) is 6.61 Å². The van der Waals surface area contributed by atoms with Crippen LogP contribution in [0.5, 0.6) is 0 Å². The molecule has 0 radical (unpaired) electrons. The molecule has 14 heavy (non-hydrogen) atoms. The Morgan fingerprint density at radius 1 is 1.29 bits per heavy atom. The van der Waals surface area contributed by atoms with Crippen LogP contribution in [0, 0.1) is 0 Å². The maximum atomic E-state index is 6.12. The summed E-state index contributed by atoms with van der Waals surface area (Å²) in [6.45, 7) is 0.827. The van der Waals surface area contributed by atoms with E-state index in [2.05, 4.69) is 24.3 Å². The van der Waals surface area contributed by atoms with Crippen LogP contribution in [0.3, 0.4) is 0 Å². The highest BCUT2D eigenvalue weighted by Gasteiger charge is 2.25. The monoisotopic (exact) mass is 210 g/mol. The lowest BCUT2D eigenvalue weighted by Gasteiger charge is -2.12. The van der Waals surface area contributed by atoms with E-state index in [9.17, 15) is 0 Å². The van der Waals surface area contributed by atoms with Crippen LogP contribution in [0.1, 0.15) is 18.4 Å². The van der Waals surface area contributed by atoms with Crippen molar-refractivity contribution in [2.75, 3.05) is 6.61 Å². The summed E-state index contributed by atoms with van der Waals surface area (Å²) in [4.78, 5) is 0. The average Bonchev–Trinajstić information content (AvgIpc) is 2.63. The zero-order chi connectivity index (χ0) is 9.80. The van der Waals surface area contributed by atoms with E-state index in [1.807, 2.05) is 6.07 Å². The smallest absolute Gasteiger partial charge is 0.0742 e. The van der Waals surface area contributed by atoms with Crippen LogP contribution < -0.4 is 0 Å². The lowest BCUT2D eigenvalue weighted by Crippen LogP contribution is -2.16. The van der Waals surface area contributed by atoms with Crippen LogP contribution in [-0.2, 0) is 11.2 Å². The number of halogens is 1. The summed E-state index contributed by atoms with van der Waals surface area (Å²) in [5.74, 6) is 0. The van der Waals surface area contributed by atoms with Crippen molar-refractivity contribution in [1.82, 2.24) is 0 Å². The zero-order valence-electron chi connectivity index (χ0n) is 8.16. The van der Waals surface area contributed by atoms with Crippen LogP contribution in [0.15, 0.2) is 30.3 Å². The van der Waals surface area contributed by atoms with Gasteiger partial charge in [-0.1, -0.05) is 30.3 Å². The Hall–Kier alpha value is -0.530. The molecule has 0 aromatic heterocycles. The van der Waals surface area contributed by atoms with Crippen molar-refractivity contribution in [3.8, 4) is 0 Å². The quantitative estimate of drug-likeness (QED) is 0.697. The molecule has 1 heterocycles. The Labute approximate surface area is 90.0 Å². The highest BCUT2D eigenvalue weighted by atomic mass is 35.5. The molecule has 2 unspecified atom stereocenters. The van der Waals surface area contributed by atoms with Crippen LogP contribution in [0.25, 0.3) is 0 Å². The first kappa shape index (κ1) is 10.0. The van der Waals surface area contributed by atoms with E-state index in [1.165, 1.54) is 5.56 Å². The third-order valence-electron chi connectivity index (χ3n) is 2.69. The Kier molecular flexibility index (Phi) is 3.44. The maximum Gasteiger partial charge on any atom is 0.0742 e. The van der Waals surface area contributed by atoms with Crippen molar-refractivity contribution in [3.63, 3.8) is 0 Å². The van der Waals surface area contributed by atoms with Gasteiger partial charge < -0.3 is 4.74 Å². The second kappa shape index (κ2) is 4.81. The summed E-state index contributed by atoms with van der Waals surface area (Å²) in [5, 5.41) is 0.221. The molecule has 0 saturated carbocycles. The molecule has 1 nitrogen and oxygen atoms in total. The minimum absolute atomic E-state index is 0.221. The summed E-state index contributed by atoms with van der Waals surface area (Å²) in [6, 6.07) is 10.5. The number of ether oxygens (including phenoxy) is 1. The van der Waals surface area contributed by atoms with E-state index >= 15 is 0 Å². The normalized spacial score (nSPS) is 26.6. The molecule has 2 atom stereocenters. The molecule has 2 rings (SSSR count). The molecule has 1 aliphatic heterocycles. The molecule has 1 aliphatic rings. The molecule has 2 heteroatoms. The predicted molar refractivity (Wildman–Crippen MR) is 58.8 cm³/mol. The minimum Gasteiger partial charge on any atom is -0.377 e. The van der Waals surface area contributed by atoms with E-state index in [0.717, 1.165) is 25.9 Å². The van der Waals surface area contributed by atoms with Gasteiger partial charge in [0.05, 0.1) is 11.5 Å². The van der Waals surface area contributed by atoms with E-state index in [4.69, 9.17) is 16.3 Å². The first-order chi connectivity index (χ1) is 6.86. The number of alkyl halides is 1. The van der Waals surface area contributed by atoms with Gasteiger partial charge in [-0.25, -0.2) is 0 Å². The van der Waals surface area contributed by atoms with E-state index in [1.54, 1.807) is 0 Å². The molecule has 1 aromatic rings. The predicted octanol–water partition coefficient (Wildman–Crippen LogP) is 3.02. The molecule has 0 aliphatic carbocycles. The molecule has 76 valence electrons. The number of hydrogen-bond acceptors (Lipinski definition) is 1. The fraction of sp³-hybridized carbons (Fsp3) is 0.500. The summed E-state index contributed by atoms with van der Waals surface area (Å²) in [5.41, 5.74) is 1.37. The van der Waals surface area contributed by atoms with Crippen molar-refractivity contribution in [2.24, 2.45) is 0 Å². The summed E-state index contributed by atoms with van der Waals surface area (Å²) < 4.78 is 5.55. The minimum atomic E-state index is 0.221. The lowest BCUT2D eigenvalue weighted by molar-refractivity contribution is 0.106. The van der Waals surface area contributed by atoms with Crippen LogP contribution >= 0.6 is 11.6 Å². The molecular weight excluding hydrogens is 196 g/mol. The Balaban J connectivity index is 1.82. The van der Waals surface area contributed by atoms with Crippen LogP contribution in [0.4, 0.5) is 0 Å². The molecule has 0 bridgehead atoms. The molecule has 0 N–H and O–H groups in total. The number of rotatable bonds is 3. The molecule has 1 aromatic carbocycles. The highest BCUT2D eigenvalue weighted by molar-refractivity contribution is 6.21. The molecule has 0 amide bonds. The van der Waals surface area contributed by atoms with Crippen molar-refractivity contribution >= 4 is 11.6 Å². The Bertz CT molecular complexity index is 273. The van der Waals surface area contributed by atoms with Gasteiger partial charge in [0.2, 0.25) is 0 Å². The Morgan fingerprint density at radius 3 is 2.71 bits per heavy atom. The van der Waals surface area contributed by atoms with E-state index < -0.39 is 0 Å². The highest BCUT2D eigenvalue weighted by Crippen LogP contribution is 2.23. The van der Waals surface area contributed by atoms with Crippen LogP contribution in [0.2, 0.25) is 0 Å². The second-order valence-electron chi connectivity index (χ2n) is 3.74. The first-order valence-electron chi connectivity index (χ1n) is 5.16. The SMILES string of the molecule is ClC1CCOC1CCc1ccccc1. The van der Waals surface area contributed by atoms with Gasteiger partial charge in [-0.05, 0) is 24.8 Å². The van der Waals surface area contributed by atoms with E-state index in [-0.39, 0.29) is 11.5 Å². The number of aryl methyl sites for hydroxylation is 1. The van der Waals surface area contributed by atoms with Crippen molar-refractivity contribution in [2.45, 2.75) is 30.7 Å². The number of hydrogen-bond donors (Lipinski definition) is 0. The fourth-order valence-electron chi connectivity index (χ4n) is 1.84. The van der Waals surface area contributed by atoms with Crippen molar-refractivity contribution in [3.05, 3.63) is 35.9 Å². The second-order valence-corrected chi connectivity index (χ2v) is 4.30. The largest absolute Gasteiger partial charge is 0.377 e. The van der Waals surface area contributed by atoms with Gasteiger partial charge in [-0.3, -0.25) is 0 Å². The fourth-order valence-corrected chi connectivity index (χ4v) is 2.13. The number of benzene rings is 1. The average molecular weight is 211 g/mol. The van der Waals surface area contributed by atoms with Crippen molar-refractivity contribution < 1.29 is 4.74 Å². The van der Waals surface area contributed by atoms with Gasteiger partial charge in [0.25, 0.3) is 0 Å².